The molecule has 0 N–H and O–H groups in total. The summed E-state index contributed by atoms with van der Waals surface area (Å²) >= 11 is 1.23. The lowest BCUT2D eigenvalue weighted by Crippen LogP contribution is -2.43. The van der Waals surface area contributed by atoms with Crippen molar-refractivity contribution in [2.75, 3.05) is 91.1 Å². The molecule has 1 aliphatic rings. The fourth-order valence-corrected chi connectivity index (χ4v) is 7.81. The Bertz CT molecular complexity index is 1560. The molecule has 0 bridgehead atoms. The van der Waals surface area contributed by atoms with E-state index in [2.05, 4.69) is 9.88 Å². The van der Waals surface area contributed by atoms with Crippen LogP contribution in [-0.2, 0) is 34.1 Å². The topological polar surface area (TPSA) is 136 Å². The molecule has 0 atom stereocenters. The van der Waals surface area contributed by atoms with E-state index in [1.165, 1.54) is 65.1 Å². The van der Waals surface area contributed by atoms with Crippen molar-refractivity contribution in [1.29, 1.82) is 0 Å². The zero-order valence-corrected chi connectivity index (χ0v) is 26.3. The van der Waals surface area contributed by atoms with Crippen LogP contribution in [0.2, 0.25) is 0 Å². The minimum absolute atomic E-state index is 0.0453. The number of hydrogen-bond acceptors (Lipinski definition) is 11. The maximum atomic E-state index is 13.9. The number of rotatable bonds is 14. The molecule has 230 valence electrons. The van der Waals surface area contributed by atoms with Crippen LogP contribution in [0.15, 0.2) is 52.3 Å². The lowest BCUT2D eigenvalue weighted by molar-refractivity contribution is 0.0391. The molecule has 2 heterocycles. The van der Waals surface area contributed by atoms with Crippen molar-refractivity contribution in [3.63, 3.8) is 0 Å². The molecular weight excluding hydrogens is 605 g/mol. The molecule has 1 amide bonds. The molecule has 0 radical (unpaired) electrons. The molecule has 4 rings (SSSR count). The van der Waals surface area contributed by atoms with Gasteiger partial charge >= 0.3 is 0 Å². The third kappa shape index (κ3) is 7.71. The Balaban J connectivity index is 1.65. The van der Waals surface area contributed by atoms with Crippen LogP contribution in [0.25, 0.3) is 10.2 Å². The number of sulfone groups is 1. The monoisotopic (exact) mass is 640 g/mol. The van der Waals surface area contributed by atoms with Crippen molar-refractivity contribution in [2.45, 2.75) is 9.79 Å². The average molecular weight is 641 g/mol. The Morgan fingerprint density at radius 2 is 1.62 bits per heavy atom. The summed E-state index contributed by atoms with van der Waals surface area (Å²) in [5, 5.41) is 0.362. The van der Waals surface area contributed by atoms with E-state index in [4.69, 9.17) is 14.2 Å². The Hall–Kier alpha value is -2.50. The van der Waals surface area contributed by atoms with E-state index in [0.717, 1.165) is 19.3 Å². The summed E-state index contributed by atoms with van der Waals surface area (Å²) in [5.41, 5.74) is 0.594. The van der Waals surface area contributed by atoms with Gasteiger partial charge in [0.15, 0.2) is 15.0 Å². The number of methoxy groups -OCH3 is 2. The van der Waals surface area contributed by atoms with Gasteiger partial charge in [-0.25, -0.2) is 21.8 Å². The minimum atomic E-state index is -3.86. The number of morpholine rings is 1. The van der Waals surface area contributed by atoms with Gasteiger partial charge in [0, 0.05) is 65.3 Å². The lowest BCUT2D eigenvalue weighted by Gasteiger charge is -2.29. The van der Waals surface area contributed by atoms with E-state index in [-0.39, 0.29) is 47.6 Å². The summed E-state index contributed by atoms with van der Waals surface area (Å²) in [7, 11) is -4.40. The third-order valence-electron chi connectivity index (χ3n) is 6.82. The number of fused-ring (bicyclic) bond motifs is 1. The number of thiazole rings is 1. The highest BCUT2D eigenvalue weighted by atomic mass is 32.2. The van der Waals surface area contributed by atoms with Gasteiger partial charge in [-0.15, -0.1) is 0 Å². The largest absolute Gasteiger partial charge is 0.383 e. The van der Waals surface area contributed by atoms with Crippen LogP contribution in [0.4, 0.5) is 5.13 Å². The van der Waals surface area contributed by atoms with Crippen molar-refractivity contribution in [2.24, 2.45) is 0 Å². The van der Waals surface area contributed by atoms with Gasteiger partial charge in [-0.1, -0.05) is 17.4 Å². The van der Waals surface area contributed by atoms with Crippen molar-refractivity contribution in [1.82, 2.24) is 14.2 Å². The van der Waals surface area contributed by atoms with E-state index in [9.17, 15) is 21.6 Å². The molecule has 1 aromatic heterocycles. The molecular formula is C27H36N4O8S3. The second-order valence-corrected chi connectivity index (χ2v) is 14.6. The number of anilines is 1. The Labute approximate surface area is 250 Å². The predicted octanol–water partition coefficient (Wildman–Crippen LogP) is 1.96. The molecule has 15 heteroatoms. The summed E-state index contributed by atoms with van der Waals surface area (Å²) in [5.74, 6) is -0.372. The van der Waals surface area contributed by atoms with Crippen LogP contribution in [-0.4, -0.2) is 123 Å². The molecule has 42 heavy (non-hydrogen) atoms. The highest BCUT2D eigenvalue weighted by Crippen LogP contribution is 2.33. The maximum absolute atomic E-state index is 13.9. The molecule has 0 unspecified atom stereocenters. The van der Waals surface area contributed by atoms with Gasteiger partial charge in [-0.2, -0.15) is 4.31 Å². The number of sulfonamides is 1. The predicted molar refractivity (Wildman–Crippen MR) is 161 cm³/mol. The number of amides is 1. The number of carbonyl (C=O) groups is 1. The molecule has 3 aromatic rings. The molecule has 12 nitrogen and oxygen atoms in total. The number of ether oxygens (including phenoxy) is 3. The zero-order valence-electron chi connectivity index (χ0n) is 23.9. The van der Waals surface area contributed by atoms with Gasteiger partial charge in [-0.05, 0) is 36.4 Å². The van der Waals surface area contributed by atoms with E-state index < -0.39 is 19.9 Å². The average Bonchev–Trinajstić information content (AvgIpc) is 3.41. The number of para-hydroxylation sites is 1. The highest BCUT2D eigenvalue weighted by molar-refractivity contribution is 7.91. The molecule has 1 saturated heterocycles. The number of aromatic nitrogens is 1. The van der Waals surface area contributed by atoms with E-state index in [1.807, 2.05) is 0 Å². The number of hydrogen-bond donors (Lipinski definition) is 0. The molecule has 0 aliphatic carbocycles. The fraction of sp³-hybridized carbons (Fsp3) is 0.481. The maximum Gasteiger partial charge on any atom is 0.260 e. The normalized spacial score (nSPS) is 15.0. The number of benzene rings is 2. The quantitative estimate of drug-likeness (QED) is 0.257. The molecule has 0 spiro atoms. The van der Waals surface area contributed by atoms with Crippen molar-refractivity contribution < 1.29 is 35.8 Å². The molecule has 1 aliphatic heterocycles. The lowest BCUT2D eigenvalue weighted by atomic mass is 10.2. The van der Waals surface area contributed by atoms with Crippen LogP contribution in [0.1, 0.15) is 10.4 Å². The van der Waals surface area contributed by atoms with Crippen LogP contribution in [0.3, 0.4) is 0 Å². The van der Waals surface area contributed by atoms with E-state index in [0.29, 0.717) is 41.7 Å². The summed E-state index contributed by atoms with van der Waals surface area (Å²) in [6.07, 6.45) is 1.13. The second-order valence-electron chi connectivity index (χ2n) is 9.70. The SMILES string of the molecule is COCCN(CCOC)S(=O)(=O)c1ccc(C(=O)N(CCN2CCOCC2)c2nc3c(S(C)(=O)=O)cccc3s2)cc1. The van der Waals surface area contributed by atoms with Gasteiger partial charge < -0.3 is 14.2 Å². The standard InChI is InChI=1S/C27H36N4O8S3/c1-37-17-15-30(16-18-38-2)42(35,36)22-9-7-21(8-10-22)26(32)31(12-11-29-13-19-39-20-14-29)27-28-25-23(40-27)5-4-6-24(25)41(3,33)34/h4-10H,11-20H2,1-3H3. The van der Waals surface area contributed by atoms with Crippen molar-refractivity contribution in [3.8, 4) is 0 Å². The summed E-state index contributed by atoms with van der Waals surface area (Å²) in [6, 6.07) is 10.7. The number of carbonyl (C=O) groups excluding carboxylic acids is 1. The van der Waals surface area contributed by atoms with E-state index in [1.54, 1.807) is 12.1 Å². The smallest absolute Gasteiger partial charge is 0.260 e. The molecule has 1 fully saturated rings. The molecule has 2 aromatic carbocycles. The summed E-state index contributed by atoms with van der Waals surface area (Å²) in [6.45, 7) is 4.30. The van der Waals surface area contributed by atoms with Crippen LogP contribution < -0.4 is 4.90 Å². The second kappa shape index (κ2) is 14.3. The first-order valence-electron chi connectivity index (χ1n) is 13.4. The first-order chi connectivity index (χ1) is 20.1. The van der Waals surface area contributed by atoms with Gasteiger partial charge in [-0.3, -0.25) is 14.6 Å². The van der Waals surface area contributed by atoms with Gasteiger partial charge in [0.1, 0.15) is 5.52 Å². The fourth-order valence-electron chi connectivity index (χ4n) is 4.49. The zero-order chi connectivity index (χ0) is 30.3. The first-order valence-corrected chi connectivity index (χ1v) is 17.5. The van der Waals surface area contributed by atoms with Gasteiger partial charge in [0.05, 0.1) is 40.9 Å². The Morgan fingerprint density at radius 3 is 2.21 bits per heavy atom. The summed E-state index contributed by atoms with van der Waals surface area (Å²) < 4.78 is 68.9. The Kier molecular flexibility index (Phi) is 11.0. The third-order valence-corrected chi connectivity index (χ3v) is 10.9. The van der Waals surface area contributed by atoms with Gasteiger partial charge in [0.25, 0.3) is 5.91 Å². The van der Waals surface area contributed by atoms with Gasteiger partial charge in [0.2, 0.25) is 10.0 Å². The number of nitrogens with zero attached hydrogens (tertiary/aromatic N) is 4. The van der Waals surface area contributed by atoms with E-state index >= 15 is 0 Å². The summed E-state index contributed by atoms with van der Waals surface area (Å²) in [4.78, 5) is 22.4. The Morgan fingerprint density at radius 1 is 0.976 bits per heavy atom. The van der Waals surface area contributed by atoms with Crippen molar-refractivity contribution in [3.05, 3.63) is 48.0 Å². The van der Waals surface area contributed by atoms with Crippen molar-refractivity contribution >= 4 is 52.5 Å². The minimum Gasteiger partial charge on any atom is -0.383 e. The first kappa shape index (κ1) is 32.4. The molecule has 0 saturated carbocycles. The van der Waals surface area contributed by atoms with Crippen LogP contribution in [0.5, 0.6) is 0 Å². The van der Waals surface area contributed by atoms with Crippen LogP contribution in [0, 0.1) is 0 Å². The highest BCUT2D eigenvalue weighted by Gasteiger charge is 2.27. The van der Waals surface area contributed by atoms with Crippen LogP contribution >= 0.6 is 11.3 Å².